The van der Waals surface area contributed by atoms with Crippen LogP contribution >= 0.6 is 0 Å². The fraction of sp³-hybridized carbons (Fsp3) is 0.176. The Bertz CT molecular complexity index is 587. The molecule has 0 saturated heterocycles. The average molecular weight is 265 g/mol. The van der Waals surface area contributed by atoms with Gasteiger partial charge in [-0.05, 0) is 11.1 Å². The van der Waals surface area contributed by atoms with E-state index in [0.29, 0.717) is 6.42 Å². The molecule has 0 heterocycles. The number of nitrogens with zero attached hydrogens (tertiary/aromatic N) is 1. The van der Waals surface area contributed by atoms with Gasteiger partial charge in [-0.1, -0.05) is 60.7 Å². The summed E-state index contributed by atoms with van der Waals surface area (Å²) in [5, 5.41) is 0. The van der Waals surface area contributed by atoms with Crippen LogP contribution in [0, 0.1) is 6.57 Å². The lowest BCUT2D eigenvalue weighted by atomic mass is 10.1. The predicted octanol–water partition coefficient (Wildman–Crippen LogP) is 3.26. The van der Waals surface area contributed by atoms with Crippen LogP contribution in [0.1, 0.15) is 11.1 Å². The van der Waals surface area contributed by atoms with Crippen molar-refractivity contribution in [3.05, 3.63) is 83.2 Å². The van der Waals surface area contributed by atoms with Gasteiger partial charge >= 0.3 is 12.0 Å². The molecule has 0 aromatic heterocycles. The lowest BCUT2D eigenvalue weighted by molar-refractivity contribution is -0.145. The zero-order valence-corrected chi connectivity index (χ0v) is 11.0. The summed E-state index contributed by atoms with van der Waals surface area (Å²) in [5.41, 5.74) is 1.88. The van der Waals surface area contributed by atoms with Crippen molar-refractivity contribution in [3.63, 3.8) is 0 Å². The normalized spacial score (nSPS) is 11.3. The molecular formula is C17H15NO2. The van der Waals surface area contributed by atoms with Gasteiger partial charge in [0.2, 0.25) is 0 Å². The van der Waals surface area contributed by atoms with Crippen molar-refractivity contribution in [2.24, 2.45) is 0 Å². The molecular weight excluding hydrogens is 250 g/mol. The quantitative estimate of drug-likeness (QED) is 0.613. The summed E-state index contributed by atoms with van der Waals surface area (Å²) < 4.78 is 5.20. The summed E-state index contributed by atoms with van der Waals surface area (Å²) in [5.74, 6) is -0.465. The number of ether oxygens (including phenoxy) is 1. The molecule has 1 atom stereocenters. The van der Waals surface area contributed by atoms with E-state index < -0.39 is 12.0 Å². The van der Waals surface area contributed by atoms with Gasteiger partial charge in [0, 0.05) is 0 Å². The van der Waals surface area contributed by atoms with Crippen molar-refractivity contribution >= 4 is 5.97 Å². The SMILES string of the molecule is [C-]#[N+]C(Cc1ccccc1)C(=O)OCc1ccccc1. The second kappa shape index (κ2) is 7.10. The number of esters is 1. The average Bonchev–Trinajstić information content (AvgIpc) is 2.52. The summed E-state index contributed by atoms with van der Waals surface area (Å²) in [6.45, 7) is 7.36. The van der Waals surface area contributed by atoms with Gasteiger partial charge in [-0.3, -0.25) is 0 Å². The summed E-state index contributed by atoms with van der Waals surface area (Å²) in [6, 6.07) is 18.2. The smallest absolute Gasteiger partial charge is 0.390 e. The van der Waals surface area contributed by atoms with E-state index in [-0.39, 0.29) is 6.61 Å². The van der Waals surface area contributed by atoms with Crippen LogP contribution < -0.4 is 0 Å². The largest absolute Gasteiger partial charge is 0.455 e. The van der Waals surface area contributed by atoms with Gasteiger partial charge in [0.25, 0.3) is 0 Å². The molecule has 3 heteroatoms. The van der Waals surface area contributed by atoms with E-state index in [4.69, 9.17) is 11.3 Å². The first-order valence-electron chi connectivity index (χ1n) is 6.40. The first kappa shape index (κ1) is 13.8. The van der Waals surface area contributed by atoms with Crippen LogP contribution in [-0.2, 0) is 22.6 Å². The highest BCUT2D eigenvalue weighted by Crippen LogP contribution is 2.09. The molecule has 0 radical (unpaired) electrons. The number of carbonyl (C=O) groups excluding carboxylic acids is 1. The highest BCUT2D eigenvalue weighted by molar-refractivity contribution is 5.78. The molecule has 20 heavy (non-hydrogen) atoms. The van der Waals surface area contributed by atoms with Gasteiger partial charge in [-0.2, -0.15) is 0 Å². The minimum Gasteiger partial charge on any atom is -0.455 e. The van der Waals surface area contributed by atoms with Crippen LogP contribution in [0.4, 0.5) is 0 Å². The van der Waals surface area contributed by atoms with Gasteiger partial charge in [-0.15, -0.1) is 0 Å². The van der Waals surface area contributed by atoms with Crippen molar-refractivity contribution in [1.82, 2.24) is 0 Å². The zero-order chi connectivity index (χ0) is 14.2. The Morgan fingerprint density at radius 3 is 2.10 bits per heavy atom. The third kappa shape index (κ3) is 3.96. The standard InChI is InChI=1S/C17H15NO2/c1-18-16(12-14-8-4-2-5-9-14)17(19)20-13-15-10-6-3-7-11-15/h2-11,16H,12-13H2. The van der Waals surface area contributed by atoms with Gasteiger partial charge in [0.05, 0.1) is 6.42 Å². The van der Waals surface area contributed by atoms with E-state index >= 15 is 0 Å². The molecule has 1 unspecified atom stereocenters. The van der Waals surface area contributed by atoms with Gasteiger partial charge in [0.15, 0.2) is 0 Å². The molecule has 0 spiro atoms. The van der Waals surface area contributed by atoms with Crippen LogP contribution in [0.5, 0.6) is 0 Å². The number of hydrogen-bond donors (Lipinski definition) is 0. The number of hydrogen-bond acceptors (Lipinski definition) is 2. The summed E-state index contributed by atoms with van der Waals surface area (Å²) >= 11 is 0. The second-order valence-corrected chi connectivity index (χ2v) is 4.43. The molecule has 0 bridgehead atoms. The topological polar surface area (TPSA) is 30.7 Å². The van der Waals surface area contributed by atoms with Crippen molar-refractivity contribution in [2.75, 3.05) is 0 Å². The molecule has 0 fully saturated rings. The Morgan fingerprint density at radius 2 is 1.55 bits per heavy atom. The fourth-order valence-corrected chi connectivity index (χ4v) is 1.84. The van der Waals surface area contributed by atoms with E-state index in [1.54, 1.807) is 0 Å². The lowest BCUT2D eigenvalue weighted by Gasteiger charge is -2.07. The molecule has 3 nitrogen and oxygen atoms in total. The fourth-order valence-electron chi connectivity index (χ4n) is 1.84. The molecule has 2 rings (SSSR count). The molecule has 0 amide bonds. The molecule has 0 aliphatic heterocycles. The van der Waals surface area contributed by atoms with E-state index in [0.717, 1.165) is 11.1 Å². The van der Waals surface area contributed by atoms with Crippen LogP contribution in [0.15, 0.2) is 60.7 Å². The van der Waals surface area contributed by atoms with Crippen molar-refractivity contribution < 1.29 is 9.53 Å². The minimum absolute atomic E-state index is 0.209. The maximum atomic E-state index is 11.9. The Kier molecular flexibility index (Phi) is 4.91. The van der Waals surface area contributed by atoms with Crippen LogP contribution in [0.3, 0.4) is 0 Å². The molecule has 100 valence electrons. The van der Waals surface area contributed by atoms with Gasteiger partial charge in [-0.25, -0.2) is 11.4 Å². The maximum absolute atomic E-state index is 11.9. The highest BCUT2D eigenvalue weighted by Gasteiger charge is 2.25. The lowest BCUT2D eigenvalue weighted by Crippen LogP contribution is -2.22. The Balaban J connectivity index is 1.91. The first-order chi connectivity index (χ1) is 9.79. The Hall–Kier alpha value is -2.60. The molecule has 0 saturated carbocycles. The molecule has 0 aliphatic rings. The Labute approximate surface area is 118 Å². The first-order valence-corrected chi connectivity index (χ1v) is 6.40. The number of carbonyl (C=O) groups is 1. The zero-order valence-electron chi connectivity index (χ0n) is 11.0. The monoisotopic (exact) mass is 265 g/mol. The molecule has 0 aliphatic carbocycles. The van der Waals surface area contributed by atoms with E-state index in [9.17, 15) is 4.79 Å². The molecule has 0 N–H and O–H groups in total. The summed E-state index contributed by atoms with van der Waals surface area (Å²) in [7, 11) is 0. The number of rotatable bonds is 5. The molecule has 2 aromatic rings. The third-order valence-corrected chi connectivity index (χ3v) is 2.92. The highest BCUT2D eigenvalue weighted by atomic mass is 16.5. The van der Waals surface area contributed by atoms with Crippen LogP contribution in [0.25, 0.3) is 4.85 Å². The predicted molar refractivity (Wildman–Crippen MR) is 76.8 cm³/mol. The van der Waals surface area contributed by atoms with Gasteiger partial charge in [0.1, 0.15) is 6.61 Å². The van der Waals surface area contributed by atoms with Gasteiger partial charge < -0.3 is 9.58 Å². The number of benzene rings is 2. The maximum Gasteiger partial charge on any atom is 0.390 e. The van der Waals surface area contributed by atoms with Crippen LogP contribution in [-0.4, -0.2) is 12.0 Å². The second-order valence-electron chi connectivity index (χ2n) is 4.43. The van der Waals surface area contributed by atoms with Crippen LogP contribution in [0.2, 0.25) is 0 Å². The summed E-state index contributed by atoms with van der Waals surface area (Å²) in [6.07, 6.45) is 0.387. The Morgan fingerprint density at radius 1 is 1.00 bits per heavy atom. The van der Waals surface area contributed by atoms with E-state index in [1.807, 2.05) is 60.7 Å². The van der Waals surface area contributed by atoms with Crippen molar-refractivity contribution in [3.8, 4) is 0 Å². The van der Waals surface area contributed by atoms with Crippen molar-refractivity contribution in [1.29, 1.82) is 0 Å². The van der Waals surface area contributed by atoms with Crippen molar-refractivity contribution in [2.45, 2.75) is 19.1 Å². The van der Waals surface area contributed by atoms with E-state index in [2.05, 4.69) is 4.85 Å². The van der Waals surface area contributed by atoms with E-state index in [1.165, 1.54) is 0 Å². The molecule has 2 aromatic carbocycles. The summed E-state index contributed by atoms with van der Waals surface area (Å²) in [4.78, 5) is 15.3. The third-order valence-electron chi connectivity index (χ3n) is 2.92. The minimum atomic E-state index is -0.777.